The molecule has 4 aromatic rings. The molecule has 0 fully saturated rings. The zero-order valence-corrected chi connectivity index (χ0v) is 23.8. The van der Waals surface area contributed by atoms with Crippen LogP contribution in [-0.4, -0.2) is 22.7 Å². The van der Waals surface area contributed by atoms with Crippen LogP contribution in [0.15, 0.2) is 101 Å². The van der Waals surface area contributed by atoms with Gasteiger partial charge in [0.1, 0.15) is 0 Å². The molecule has 0 bridgehead atoms. The molecule has 0 atom stereocenters. The number of amides is 1. The lowest BCUT2D eigenvalue weighted by molar-refractivity contribution is -0.698. The molecule has 40 heavy (non-hydrogen) atoms. The minimum atomic E-state index is -3.95. The predicted octanol–water partition coefficient (Wildman–Crippen LogP) is 3.85. The topological polar surface area (TPSA) is 139 Å². The number of carbonyl (C=O) groups is 1. The van der Waals surface area contributed by atoms with E-state index in [2.05, 4.69) is 48.2 Å². The lowest BCUT2D eigenvalue weighted by Gasteiger charge is -2.12. The van der Waals surface area contributed by atoms with Crippen molar-refractivity contribution >= 4 is 37.3 Å². The monoisotopic (exact) mass is 579 g/mol. The number of pyridine rings is 1. The molecule has 4 rings (SSSR count). The van der Waals surface area contributed by atoms with Crippen molar-refractivity contribution < 1.29 is 26.2 Å². The molecule has 1 amide bonds. The lowest BCUT2D eigenvalue weighted by atomic mass is 10.0. The average Bonchev–Trinajstić information content (AvgIpc) is 2.93. The Bertz CT molecular complexity index is 1700. The van der Waals surface area contributed by atoms with Crippen LogP contribution in [-0.2, 0) is 44.2 Å². The summed E-state index contributed by atoms with van der Waals surface area (Å²) in [6, 6.07) is 25.2. The number of aryl methyl sites for hydroxylation is 2. The first-order valence-electron chi connectivity index (χ1n) is 12.7. The summed E-state index contributed by atoms with van der Waals surface area (Å²) in [5.74, 6) is -0.231. The van der Waals surface area contributed by atoms with Crippen LogP contribution in [0.4, 0.5) is 11.4 Å². The molecular weight excluding hydrogens is 548 g/mol. The van der Waals surface area contributed by atoms with Crippen molar-refractivity contribution in [2.75, 3.05) is 10.0 Å². The van der Waals surface area contributed by atoms with Gasteiger partial charge in [0.2, 0.25) is 16.6 Å². The number of primary sulfonamides is 1. The van der Waals surface area contributed by atoms with Crippen molar-refractivity contribution in [3.8, 4) is 11.1 Å². The molecule has 0 spiro atoms. The molecule has 1 heterocycles. The second-order valence-electron chi connectivity index (χ2n) is 9.13. The summed E-state index contributed by atoms with van der Waals surface area (Å²) >= 11 is 0. The van der Waals surface area contributed by atoms with Gasteiger partial charge in [-0.1, -0.05) is 44.2 Å². The van der Waals surface area contributed by atoms with Gasteiger partial charge in [0.05, 0.1) is 9.79 Å². The minimum Gasteiger partial charge on any atom is -0.321 e. The van der Waals surface area contributed by atoms with Gasteiger partial charge in [0.15, 0.2) is 11.4 Å². The normalized spacial score (nSPS) is 11.7. The first kappa shape index (κ1) is 28.9. The summed E-state index contributed by atoms with van der Waals surface area (Å²) < 4.78 is 52.8. The van der Waals surface area contributed by atoms with Gasteiger partial charge in [-0.05, 0) is 59.7 Å². The Balaban J connectivity index is 1.46. The van der Waals surface area contributed by atoms with Crippen LogP contribution in [0.2, 0.25) is 0 Å². The summed E-state index contributed by atoms with van der Waals surface area (Å²) in [5.41, 5.74) is 4.94. The van der Waals surface area contributed by atoms with E-state index in [1.165, 1.54) is 48.5 Å². The van der Waals surface area contributed by atoms with Crippen molar-refractivity contribution in [1.82, 2.24) is 0 Å². The number of hydrogen-bond donors (Lipinski definition) is 3. The molecule has 0 saturated carbocycles. The minimum absolute atomic E-state index is 0.0200. The number of aromatic nitrogens is 1. The van der Waals surface area contributed by atoms with E-state index in [0.717, 1.165) is 35.4 Å². The number of anilines is 2. The highest BCUT2D eigenvalue weighted by molar-refractivity contribution is 7.92. The second kappa shape index (κ2) is 12.0. The standard InChI is InChI=1S/C29H30N4O5S2/c1-3-25-18-22(21-8-6-5-7-9-21)19-26(4-2)33(25)20-29(34)31-23-10-16-28(17-11-23)40(37,38)32-24-12-14-27(15-13-24)39(30,35)36/h5-19,32H,3-4,20H2,1-2H3,(H2-,30,31,34,35,36)/p+1. The first-order chi connectivity index (χ1) is 19.0. The Labute approximate surface area is 234 Å². The van der Waals surface area contributed by atoms with Crippen LogP contribution in [0, 0.1) is 0 Å². The SMILES string of the molecule is CCc1cc(-c2ccccc2)cc(CC)[n+]1CC(=O)Nc1ccc(S(=O)(=O)Nc2ccc(S(N)(=O)=O)cc2)cc1. The molecule has 9 nitrogen and oxygen atoms in total. The maximum absolute atomic E-state index is 13.0. The van der Waals surface area contributed by atoms with Crippen molar-refractivity contribution in [1.29, 1.82) is 0 Å². The largest absolute Gasteiger partial charge is 0.321 e. The molecule has 208 valence electrons. The number of nitrogens with two attached hydrogens (primary N) is 1. The summed E-state index contributed by atoms with van der Waals surface area (Å²) in [4.78, 5) is 12.8. The molecular formula is C29H31N4O5S2+. The van der Waals surface area contributed by atoms with Crippen LogP contribution >= 0.6 is 0 Å². The highest BCUT2D eigenvalue weighted by Gasteiger charge is 2.21. The quantitative estimate of drug-likeness (QED) is 0.245. The van der Waals surface area contributed by atoms with Crippen LogP contribution in [0.25, 0.3) is 11.1 Å². The molecule has 4 N–H and O–H groups in total. The Hall–Kier alpha value is -4.06. The highest BCUT2D eigenvalue weighted by atomic mass is 32.2. The van der Waals surface area contributed by atoms with Gasteiger partial charge in [0.25, 0.3) is 15.9 Å². The lowest BCUT2D eigenvalue weighted by Crippen LogP contribution is -2.47. The average molecular weight is 580 g/mol. The third-order valence-electron chi connectivity index (χ3n) is 6.35. The maximum atomic E-state index is 13.0. The summed E-state index contributed by atoms with van der Waals surface area (Å²) in [6.45, 7) is 4.23. The summed E-state index contributed by atoms with van der Waals surface area (Å²) in [5, 5.41) is 7.92. The Morgan fingerprint density at radius 2 is 1.25 bits per heavy atom. The number of benzene rings is 3. The number of nitrogens with one attached hydrogen (secondary N) is 2. The van der Waals surface area contributed by atoms with E-state index in [1.54, 1.807) is 0 Å². The molecule has 0 aliphatic heterocycles. The fourth-order valence-corrected chi connectivity index (χ4v) is 5.89. The smallest absolute Gasteiger partial charge is 0.290 e. The zero-order chi connectivity index (χ0) is 28.9. The van der Waals surface area contributed by atoms with Crippen LogP contribution in [0.5, 0.6) is 0 Å². The van der Waals surface area contributed by atoms with Crippen molar-refractivity contribution in [3.63, 3.8) is 0 Å². The molecule has 3 aromatic carbocycles. The third-order valence-corrected chi connectivity index (χ3v) is 8.68. The van der Waals surface area contributed by atoms with Gasteiger partial charge in [-0.25, -0.2) is 22.0 Å². The van der Waals surface area contributed by atoms with Gasteiger partial charge >= 0.3 is 0 Å². The molecule has 11 heteroatoms. The number of rotatable bonds is 10. The van der Waals surface area contributed by atoms with Crippen LogP contribution < -0.4 is 19.7 Å². The Morgan fingerprint density at radius 3 is 1.77 bits per heavy atom. The fourth-order valence-electron chi connectivity index (χ4n) is 4.32. The van der Waals surface area contributed by atoms with Gasteiger partial charge < -0.3 is 5.32 Å². The third kappa shape index (κ3) is 6.92. The van der Waals surface area contributed by atoms with E-state index < -0.39 is 20.0 Å². The first-order valence-corrected chi connectivity index (χ1v) is 15.7. The molecule has 0 aliphatic carbocycles. The molecule has 0 radical (unpaired) electrons. The number of hydrogen-bond acceptors (Lipinski definition) is 5. The molecule has 0 aliphatic rings. The molecule has 1 aromatic heterocycles. The number of carbonyl (C=O) groups excluding carboxylic acids is 1. The van der Waals surface area contributed by atoms with Gasteiger partial charge in [-0.2, -0.15) is 4.57 Å². The van der Waals surface area contributed by atoms with Gasteiger partial charge in [-0.3, -0.25) is 9.52 Å². The Kier molecular flexibility index (Phi) is 8.67. The van der Waals surface area contributed by atoms with E-state index in [-0.39, 0.29) is 27.9 Å². The summed E-state index contributed by atoms with van der Waals surface area (Å²) in [7, 11) is -7.83. The van der Waals surface area contributed by atoms with E-state index in [0.29, 0.717) is 5.69 Å². The van der Waals surface area contributed by atoms with E-state index in [1.807, 2.05) is 22.8 Å². The highest BCUT2D eigenvalue weighted by Crippen LogP contribution is 2.22. The Morgan fingerprint density at radius 1 is 0.725 bits per heavy atom. The van der Waals surface area contributed by atoms with Crippen LogP contribution in [0.1, 0.15) is 25.2 Å². The predicted molar refractivity (Wildman–Crippen MR) is 155 cm³/mol. The second-order valence-corrected chi connectivity index (χ2v) is 12.4. The number of sulfonamides is 2. The van der Waals surface area contributed by atoms with Crippen LogP contribution in [0.3, 0.4) is 0 Å². The fraction of sp³-hybridized carbons (Fsp3) is 0.172. The van der Waals surface area contributed by atoms with Crippen molar-refractivity contribution in [2.24, 2.45) is 5.14 Å². The zero-order valence-electron chi connectivity index (χ0n) is 22.2. The van der Waals surface area contributed by atoms with Gasteiger partial charge in [0, 0.05) is 36.3 Å². The molecule has 0 saturated heterocycles. The van der Waals surface area contributed by atoms with E-state index in [4.69, 9.17) is 5.14 Å². The molecule has 0 unspecified atom stereocenters. The number of nitrogens with zero attached hydrogens (tertiary/aromatic N) is 1. The summed E-state index contributed by atoms with van der Waals surface area (Å²) in [6.07, 6.45) is 1.51. The maximum Gasteiger partial charge on any atom is 0.290 e. The van der Waals surface area contributed by atoms with Crippen molar-refractivity contribution in [2.45, 2.75) is 43.0 Å². The van der Waals surface area contributed by atoms with E-state index >= 15 is 0 Å². The van der Waals surface area contributed by atoms with Crippen molar-refractivity contribution in [3.05, 3.63) is 102 Å². The van der Waals surface area contributed by atoms with E-state index in [9.17, 15) is 21.6 Å². The van der Waals surface area contributed by atoms with Gasteiger partial charge in [-0.15, -0.1) is 0 Å².